The molecule has 0 aliphatic carbocycles. The van der Waals surface area contributed by atoms with E-state index in [9.17, 15) is 0 Å². The second kappa shape index (κ2) is 5.29. The van der Waals surface area contributed by atoms with Gasteiger partial charge in [-0.05, 0) is 18.2 Å². The van der Waals surface area contributed by atoms with Crippen LogP contribution in [0.2, 0.25) is 0 Å². The molecule has 0 saturated heterocycles. The number of methoxy groups -OCH3 is 2. The molecule has 0 fully saturated rings. The molecule has 0 bridgehead atoms. The molecule has 6 heteroatoms. The van der Waals surface area contributed by atoms with Gasteiger partial charge in [0.25, 0.3) is 0 Å². The Balaban J connectivity index is 2.29. The molecule has 1 heterocycles. The zero-order chi connectivity index (χ0) is 15.0. The third-order valence-electron chi connectivity index (χ3n) is 3.24. The summed E-state index contributed by atoms with van der Waals surface area (Å²) >= 11 is 3.47. The van der Waals surface area contributed by atoms with Crippen LogP contribution in [0.4, 0.5) is 5.95 Å². The molecule has 108 valence electrons. The van der Waals surface area contributed by atoms with Crippen molar-refractivity contribution >= 4 is 32.9 Å². The molecule has 21 heavy (non-hydrogen) atoms. The highest BCUT2D eigenvalue weighted by atomic mass is 79.9. The zero-order valence-corrected chi connectivity index (χ0v) is 13.2. The van der Waals surface area contributed by atoms with E-state index in [1.165, 1.54) is 0 Å². The number of ether oxygens (including phenoxy) is 2. The lowest BCUT2D eigenvalue weighted by molar-refractivity contribution is 0.394. The van der Waals surface area contributed by atoms with Crippen LogP contribution in [0, 0.1) is 0 Å². The van der Waals surface area contributed by atoms with Crippen molar-refractivity contribution in [1.82, 2.24) is 9.55 Å². The van der Waals surface area contributed by atoms with Gasteiger partial charge in [0.15, 0.2) is 0 Å². The average molecular weight is 348 g/mol. The van der Waals surface area contributed by atoms with Gasteiger partial charge < -0.3 is 15.2 Å². The number of imidazole rings is 1. The van der Waals surface area contributed by atoms with Crippen LogP contribution in [0.3, 0.4) is 0 Å². The molecule has 0 radical (unpaired) electrons. The van der Waals surface area contributed by atoms with E-state index in [0.717, 1.165) is 21.2 Å². The van der Waals surface area contributed by atoms with Crippen LogP contribution in [0.15, 0.2) is 40.9 Å². The average Bonchev–Trinajstić information content (AvgIpc) is 2.81. The lowest BCUT2D eigenvalue weighted by atomic mass is 10.2. The minimum atomic E-state index is 0.415. The topological polar surface area (TPSA) is 62.3 Å². The standard InChI is InChI=1S/C15H14BrN3O2/c1-20-11-6-10(7-12(8-11)21-2)19-14-5-9(16)3-4-13(14)18-15(19)17/h3-8H,1-2H3,(H2,17,18). The molecule has 0 atom stereocenters. The molecule has 0 aliphatic rings. The predicted molar refractivity (Wildman–Crippen MR) is 86.3 cm³/mol. The number of nitrogens with zero attached hydrogens (tertiary/aromatic N) is 2. The summed E-state index contributed by atoms with van der Waals surface area (Å²) in [4.78, 5) is 4.38. The second-order valence-corrected chi connectivity index (χ2v) is 5.42. The largest absolute Gasteiger partial charge is 0.497 e. The minimum Gasteiger partial charge on any atom is -0.497 e. The summed E-state index contributed by atoms with van der Waals surface area (Å²) in [6, 6.07) is 11.4. The number of hydrogen-bond donors (Lipinski definition) is 1. The van der Waals surface area contributed by atoms with Crippen molar-refractivity contribution < 1.29 is 9.47 Å². The van der Waals surface area contributed by atoms with E-state index >= 15 is 0 Å². The molecule has 1 aromatic heterocycles. The Kier molecular flexibility index (Phi) is 3.47. The van der Waals surface area contributed by atoms with Crippen LogP contribution < -0.4 is 15.2 Å². The number of nitrogen functional groups attached to an aromatic ring is 1. The Hall–Kier alpha value is -2.21. The van der Waals surface area contributed by atoms with Crippen molar-refractivity contribution in [2.45, 2.75) is 0 Å². The van der Waals surface area contributed by atoms with Crippen LogP contribution in [0.5, 0.6) is 11.5 Å². The molecule has 0 aliphatic heterocycles. The van der Waals surface area contributed by atoms with Gasteiger partial charge in [0.05, 0.1) is 30.9 Å². The first kappa shape index (κ1) is 13.8. The van der Waals surface area contributed by atoms with Crippen molar-refractivity contribution in [2.24, 2.45) is 0 Å². The van der Waals surface area contributed by atoms with Gasteiger partial charge in [0, 0.05) is 22.7 Å². The number of rotatable bonds is 3. The number of fused-ring (bicyclic) bond motifs is 1. The van der Waals surface area contributed by atoms with Crippen LogP contribution in [0.25, 0.3) is 16.7 Å². The lowest BCUT2D eigenvalue weighted by Crippen LogP contribution is -2.01. The van der Waals surface area contributed by atoms with Crippen molar-refractivity contribution in [2.75, 3.05) is 20.0 Å². The highest BCUT2D eigenvalue weighted by molar-refractivity contribution is 9.10. The van der Waals surface area contributed by atoms with Gasteiger partial charge in [-0.3, -0.25) is 4.57 Å². The van der Waals surface area contributed by atoms with E-state index in [0.29, 0.717) is 17.4 Å². The zero-order valence-electron chi connectivity index (χ0n) is 11.6. The Morgan fingerprint density at radius 2 is 1.71 bits per heavy atom. The third-order valence-corrected chi connectivity index (χ3v) is 3.73. The number of halogens is 1. The summed E-state index contributed by atoms with van der Waals surface area (Å²) in [7, 11) is 3.23. The van der Waals surface area contributed by atoms with Crippen LogP contribution in [-0.2, 0) is 0 Å². The maximum absolute atomic E-state index is 6.07. The molecule has 0 spiro atoms. The smallest absolute Gasteiger partial charge is 0.205 e. The van der Waals surface area contributed by atoms with Gasteiger partial charge in [0.1, 0.15) is 11.5 Å². The van der Waals surface area contributed by atoms with Gasteiger partial charge in [-0.2, -0.15) is 0 Å². The Bertz CT molecular complexity index is 792. The highest BCUT2D eigenvalue weighted by Gasteiger charge is 2.12. The Morgan fingerprint density at radius 1 is 1.05 bits per heavy atom. The van der Waals surface area contributed by atoms with Gasteiger partial charge >= 0.3 is 0 Å². The summed E-state index contributed by atoms with van der Waals surface area (Å²) < 4.78 is 13.4. The molecule has 3 aromatic rings. The first-order valence-electron chi connectivity index (χ1n) is 6.29. The summed E-state index contributed by atoms with van der Waals surface area (Å²) in [6.45, 7) is 0. The fourth-order valence-electron chi connectivity index (χ4n) is 2.26. The van der Waals surface area contributed by atoms with E-state index in [4.69, 9.17) is 15.2 Å². The number of benzene rings is 2. The van der Waals surface area contributed by atoms with Crippen molar-refractivity contribution in [1.29, 1.82) is 0 Å². The van der Waals surface area contributed by atoms with Gasteiger partial charge in [0.2, 0.25) is 5.95 Å². The Morgan fingerprint density at radius 3 is 2.33 bits per heavy atom. The first-order valence-corrected chi connectivity index (χ1v) is 7.08. The third kappa shape index (κ3) is 2.42. The van der Waals surface area contributed by atoms with Crippen molar-refractivity contribution in [3.8, 4) is 17.2 Å². The maximum Gasteiger partial charge on any atom is 0.205 e. The summed E-state index contributed by atoms with van der Waals surface area (Å²) in [5.41, 5.74) is 8.66. The van der Waals surface area contributed by atoms with E-state index in [1.807, 2.05) is 41.0 Å². The van der Waals surface area contributed by atoms with Crippen LogP contribution in [-0.4, -0.2) is 23.8 Å². The van der Waals surface area contributed by atoms with Crippen molar-refractivity contribution in [3.05, 3.63) is 40.9 Å². The maximum atomic E-state index is 6.07. The van der Waals surface area contributed by atoms with Crippen LogP contribution >= 0.6 is 15.9 Å². The normalized spacial score (nSPS) is 10.8. The first-order chi connectivity index (χ1) is 10.1. The fraction of sp³-hybridized carbons (Fsp3) is 0.133. The molecule has 5 nitrogen and oxygen atoms in total. The Labute approximate surface area is 130 Å². The van der Waals surface area contributed by atoms with Crippen molar-refractivity contribution in [3.63, 3.8) is 0 Å². The molecule has 3 rings (SSSR count). The number of hydrogen-bond acceptors (Lipinski definition) is 4. The molecule has 0 unspecified atom stereocenters. The number of nitrogens with two attached hydrogens (primary N) is 1. The van der Waals surface area contributed by atoms with E-state index in [2.05, 4.69) is 20.9 Å². The predicted octanol–water partition coefficient (Wildman–Crippen LogP) is 3.39. The molecular weight excluding hydrogens is 334 g/mol. The lowest BCUT2D eigenvalue weighted by Gasteiger charge is -2.11. The second-order valence-electron chi connectivity index (χ2n) is 4.51. The highest BCUT2D eigenvalue weighted by Crippen LogP contribution is 2.30. The number of aromatic nitrogens is 2. The van der Waals surface area contributed by atoms with E-state index in [-0.39, 0.29) is 0 Å². The summed E-state index contributed by atoms with van der Waals surface area (Å²) in [5, 5.41) is 0. The van der Waals surface area contributed by atoms with E-state index in [1.54, 1.807) is 14.2 Å². The monoisotopic (exact) mass is 347 g/mol. The van der Waals surface area contributed by atoms with E-state index < -0.39 is 0 Å². The van der Waals surface area contributed by atoms with Gasteiger partial charge in [-0.1, -0.05) is 15.9 Å². The quantitative estimate of drug-likeness (QED) is 0.788. The van der Waals surface area contributed by atoms with Gasteiger partial charge in [-0.25, -0.2) is 4.98 Å². The molecule has 0 saturated carbocycles. The molecule has 2 aromatic carbocycles. The molecule has 0 amide bonds. The van der Waals surface area contributed by atoms with Gasteiger partial charge in [-0.15, -0.1) is 0 Å². The molecular formula is C15H14BrN3O2. The number of anilines is 1. The fourth-order valence-corrected chi connectivity index (χ4v) is 2.61. The minimum absolute atomic E-state index is 0.415. The SMILES string of the molecule is COc1cc(OC)cc(-n2c(N)nc3ccc(Br)cc32)c1. The summed E-state index contributed by atoms with van der Waals surface area (Å²) in [6.07, 6.45) is 0. The van der Waals surface area contributed by atoms with Crippen LogP contribution in [0.1, 0.15) is 0 Å². The summed E-state index contributed by atoms with van der Waals surface area (Å²) in [5.74, 6) is 1.81. The molecule has 2 N–H and O–H groups in total.